The zero-order chi connectivity index (χ0) is 15.8. The highest BCUT2D eigenvalue weighted by Crippen LogP contribution is 2.23. The molecular weight excluding hydrogens is 274 g/mol. The van der Waals surface area contributed by atoms with Gasteiger partial charge in [0, 0.05) is 58.5 Å². The van der Waals surface area contributed by atoms with E-state index in [1.165, 1.54) is 31.6 Å². The molecule has 1 heterocycles. The van der Waals surface area contributed by atoms with Gasteiger partial charge in [0.2, 0.25) is 0 Å². The fraction of sp³-hybridized carbons (Fsp3) is 0.471. The van der Waals surface area contributed by atoms with Gasteiger partial charge in [0.25, 0.3) is 0 Å². The monoisotopic (exact) mass is 301 g/mol. The van der Waals surface area contributed by atoms with E-state index in [-0.39, 0.29) is 0 Å². The van der Waals surface area contributed by atoms with Crippen molar-refractivity contribution >= 4 is 17.6 Å². The molecule has 0 unspecified atom stereocenters. The number of nitrogens with zero attached hydrogens (tertiary/aromatic N) is 4. The molecule has 1 aliphatic heterocycles. The second-order valence-electron chi connectivity index (χ2n) is 5.58. The van der Waals surface area contributed by atoms with Gasteiger partial charge in [0.1, 0.15) is 0 Å². The van der Waals surface area contributed by atoms with Crippen LogP contribution in [0.2, 0.25) is 0 Å². The van der Waals surface area contributed by atoms with Crippen LogP contribution in [-0.2, 0) is 0 Å². The Balaban J connectivity index is 1.86. The normalized spacial score (nSPS) is 15.0. The van der Waals surface area contributed by atoms with Crippen molar-refractivity contribution in [3.05, 3.63) is 36.7 Å². The maximum absolute atomic E-state index is 4.47. The van der Waals surface area contributed by atoms with E-state index in [2.05, 4.69) is 44.5 Å². The highest BCUT2D eigenvalue weighted by Gasteiger charge is 2.11. The molecule has 5 heteroatoms. The number of hydrogen-bond donors (Lipinski definition) is 1. The van der Waals surface area contributed by atoms with Crippen molar-refractivity contribution < 1.29 is 0 Å². The molecule has 5 nitrogen and oxygen atoms in total. The Kier molecular flexibility index (Phi) is 6.13. The summed E-state index contributed by atoms with van der Waals surface area (Å²) in [5.74, 6) is 0. The van der Waals surface area contributed by atoms with Gasteiger partial charge >= 0.3 is 0 Å². The summed E-state index contributed by atoms with van der Waals surface area (Å²) in [5, 5.41) is 9.35. The van der Waals surface area contributed by atoms with Crippen LogP contribution in [0.5, 0.6) is 0 Å². The number of rotatable bonds is 7. The Bertz CT molecular complexity index is 488. The minimum absolute atomic E-state index is 0.772. The van der Waals surface area contributed by atoms with E-state index in [9.17, 15) is 0 Å². The topological polar surface area (TPSA) is 34.1 Å². The van der Waals surface area contributed by atoms with Crippen molar-refractivity contribution in [2.45, 2.75) is 12.8 Å². The van der Waals surface area contributed by atoms with Crippen molar-refractivity contribution in [2.24, 2.45) is 5.10 Å². The second kappa shape index (κ2) is 8.32. The smallest absolute Gasteiger partial charge is 0.0591 e. The van der Waals surface area contributed by atoms with Crippen LogP contribution in [0.25, 0.3) is 0 Å². The van der Waals surface area contributed by atoms with Gasteiger partial charge in [-0.2, -0.15) is 5.10 Å². The minimum Gasteiger partial charge on any atom is -0.393 e. The van der Waals surface area contributed by atoms with E-state index in [0.29, 0.717) is 0 Å². The highest BCUT2D eigenvalue weighted by atomic mass is 15.4. The van der Waals surface area contributed by atoms with Gasteiger partial charge in [-0.15, -0.1) is 0 Å². The average Bonchev–Trinajstić information content (AvgIpc) is 3.07. The molecule has 1 fully saturated rings. The van der Waals surface area contributed by atoms with Crippen LogP contribution in [0.1, 0.15) is 12.8 Å². The lowest BCUT2D eigenvalue weighted by atomic mass is 10.2. The van der Waals surface area contributed by atoms with Gasteiger partial charge in [-0.1, -0.05) is 0 Å². The summed E-state index contributed by atoms with van der Waals surface area (Å²) >= 11 is 0. The van der Waals surface area contributed by atoms with Gasteiger partial charge in [-0.3, -0.25) is 5.01 Å². The molecule has 1 saturated heterocycles. The molecule has 0 amide bonds. The maximum Gasteiger partial charge on any atom is 0.0591 e. The summed E-state index contributed by atoms with van der Waals surface area (Å²) < 4.78 is 0. The summed E-state index contributed by atoms with van der Waals surface area (Å²) in [7, 11) is 5.88. The number of anilines is 2. The number of benzene rings is 1. The van der Waals surface area contributed by atoms with Crippen molar-refractivity contribution in [2.75, 3.05) is 50.7 Å². The molecule has 0 saturated carbocycles. The van der Waals surface area contributed by atoms with E-state index in [1.54, 1.807) is 0 Å². The molecular formula is C17H27N5. The summed E-state index contributed by atoms with van der Waals surface area (Å²) in [6.45, 7) is 3.13. The van der Waals surface area contributed by atoms with Crippen molar-refractivity contribution in [3.8, 4) is 0 Å². The highest BCUT2D eigenvalue weighted by molar-refractivity contribution is 5.63. The lowest BCUT2D eigenvalue weighted by Crippen LogP contribution is -2.18. The predicted octanol–water partition coefficient (Wildman–Crippen LogP) is 2.33. The molecule has 0 atom stereocenters. The first-order chi connectivity index (χ1) is 10.7. The van der Waals surface area contributed by atoms with Crippen LogP contribution < -0.4 is 15.2 Å². The van der Waals surface area contributed by atoms with Crippen LogP contribution in [0.3, 0.4) is 0 Å². The lowest BCUT2D eigenvalue weighted by Gasteiger charge is -2.19. The summed E-state index contributed by atoms with van der Waals surface area (Å²) in [4.78, 5) is 4.50. The Morgan fingerprint density at radius 1 is 1.18 bits per heavy atom. The van der Waals surface area contributed by atoms with Gasteiger partial charge in [-0.25, -0.2) is 0 Å². The third-order valence-corrected chi connectivity index (χ3v) is 3.81. The van der Waals surface area contributed by atoms with Crippen LogP contribution in [0.15, 0.2) is 41.8 Å². The zero-order valence-corrected chi connectivity index (χ0v) is 13.9. The van der Waals surface area contributed by atoms with Gasteiger partial charge < -0.3 is 15.1 Å². The van der Waals surface area contributed by atoms with Gasteiger partial charge in [-0.05, 0) is 37.1 Å². The number of nitrogens with one attached hydrogen (secondary N) is 1. The van der Waals surface area contributed by atoms with E-state index in [0.717, 1.165) is 12.2 Å². The Morgan fingerprint density at radius 3 is 2.50 bits per heavy atom. The number of hydrazone groups is 1. The fourth-order valence-corrected chi connectivity index (χ4v) is 2.47. The molecule has 1 aromatic carbocycles. The third-order valence-electron chi connectivity index (χ3n) is 3.81. The van der Waals surface area contributed by atoms with Crippen LogP contribution in [0.4, 0.5) is 11.4 Å². The first kappa shape index (κ1) is 16.2. The van der Waals surface area contributed by atoms with E-state index in [4.69, 9.17) is 0 Å². The lowest BCUT2D eigenvalue weighted by molar-refractivity contribution is 0.525. The molecule has 0 aliphatic carbocycles. The van der Waals surface area contributed by atoms with Crippen molar-refractivity contribution in [3.63, 3.8) is 0 Å². The van der Waals surface area contributed by atoms with Crippen molar-refractivity contribution in [1.82, 2.24) is 10.2 Å². The van der Waals surface area contributed by atoms with Gasteiger partial charge in [0.15, 0.2) is 0 Å². The fourth-order valence-electron chi connectivity index (χ4n) is 2.47. The van der Waals surface area contributed by atoms with E-state index < -0.39 is 0 Å². The maximum atomic E-state index is 4.47. The van der Waals surface area contributed by atoms with E-state index >= 15 is 0 Å². The minimum atomic E-state index is 0.772. The van der Waals surface area contributed by atoms with Crippen LogP contribution in [-0.4, -0.2) is 51.9 Å². The number of hydrogen-bond acceptors (Lipinski definition) is 5. The third kappa shape index (κ3) is 4.69. The van der Waals surface area contributed by atoms with Crippen molar-refractivity contribution in [1.29, 1.82) is 0 Å². The first-order valence-corrected chi connectivity index (χ1v) is 7.86. The SMILES string of the molecule is CN/C=C\N(C)C/C=N/N(C)c1ccc(N2CCCC2)cc1. The molecule has 1 aromatic rings. The molecule has 2 rings (SSSR count). The Hall–Kier alpha value is -2.17. The van der Waals surface area contributed by atoms with Crippen LogP contribution >= 0.6 is 0 Å². The standard InChI is InChI=1S/C17H27N5/c1-18-10-14-20(2)15-11-19-21(3)16-6-8-17(9-7-16)22-12-4-5-13-22/h6-11,14,18H,4-5,12-13,15H2,1-3H3/b14-10-,19-11+. The molecule has 22 heavy (non-hydrogen) atoms. The summed E-state index contributed by atoms with van der Waals surface area (Å²) in [6.07, 6.45) is 8.41. The van der Waals surface area contributed by atoms with Crippen LogP contribution in [0, 0.1) is 0 Å². The largest absolute Gasteiger partial charge is 0.393 e. The van der Waals surface area contributed by atoms with Gasteiger partial charge in [0.05, 0.1) is 12.2 Å². The second-order valence-corrected chi connectivity index (χ2v) is 5.58. The molecule has 0 radical (unpaired) electrons. The quantitative estimate of drug-likeness (QED) is 0.619. The van der Waals surface area contributed by atoms with E-state index in [1.807, 2.05) is 44.8 Å². The molecule has 0 bridgehead atoms. The average molecular weight is 301 g/mol. The Labute approximate surface area is 133 Å². The molecule has 0 aromatic heterocycles. The molecule has 0 spiro atoms. The molecule has 1 aliphatic rings. The molecule has 1 N–H and O–H groups in total. The predicted molar refractivity (Wildman–Crippen MR) is 95.6 cm³/mol. The first-order valence-electron chi connectivity index (χ1n) is 7.86. The summed E-state index contributed by atoms with van der Waals surface area (Å²) in [5.41, 5.74) is 2.42. The molecule has 120 valence electrons. The zero-order valence-electron chi connectivity index (χ0n) is 13.9. The summed E-state index contributed by atoms with van der Waals surface area (Å²) in [6, 6.07) is 8.65. The Morgan fingerprint density at radius 2 is 1.86 bits per heavy atom.